The van der Waals surface area contributed by atoms with Crippen LogP contribution in [0, 0.1) is 0 Å². The van der Waals surface area contributed by atoms with Gasteiger partial charge in [-0.25, -0.2) is 4.98 Å². The van der Waals surface area contributed by atoms with Crippen LogP contribution >= 0.6 is 27.3 Å². The molecule has 0 aromatic carbocycles. The minimum atomic E-state index is 0.977. The van der Waals surface area contributed by atoms with E-state index in [1.54, 1.807) is 30.1 Å². The Morgan fingerprint density at radius 2 is 2.45 bits per heavy atom. The van der Waals surface area contributed by atoms with Crippen molar-refractivity contribution in [1.82, 2.24) is 4.98 Å². The highest BCUT2D eigenvalue weighted by molar-refractivity contribution is 9.11. The minimum Gasteiger partial charge on any atom is -0.472 e. The number of thiazole rings is 1. The van der Waals surface area contributed by atoms with Gasteiger partial charge in [-0.2, -0.15) is 0 Å². The molecular weight excluding hydrogens is 226 g/mol. The molecule has 0 unspecified atom stereocenters. The van der Waals surface area contributed by atoms with Gasteiger partial charge in [0.05, 0.1) is 16.2 Å². The third-order valence-electron chi connectivity index (χ3n) is 1.25. The lowest BCUT2D eigenvalue weighted by Crippen LogP contribution is -1.65. The molecule has 0 spiro atoms. The molecule has 2 heterocycles. The van der Waals surface area contributed by atoms with Gasteiger partial charge >= 0.3 is 0 Å². The summed E-state index contributed by atoms with van der Waals surface area (Å²) < 4.78 is 5.97. The van der Waals surface area contributed by atoms with Crippen molar-refractivity contribution < 1.29 is 4.42 Å². The topological polar surface area (TPSA) is 26.0 Å². The highest BCUT2D eigenvalue weighted by Gasteiger charge is 2.02. The Morgan fingerprint density at radius 3 is 3.00 bits per heavy atom. The van der Waals surface area contributed by atoms with Gasteiger partial charge in [0, 0.05) is 5.56 Å². The Balaban J connectivity index is 2.45. The molecule has 0 N–H and O–H groups in total. The molecule has 0 bridgehead atoms. The molecule has 0 saturated heterocycles. The lowest BCUT2D eigenvalue weighted by molar-refractivity contribution is 0.568. The number of rotatable bonds is 1. The maximum absolute atomic E-state index is 4.93. The van der Waals surface area contributed by atoms with Crippen molar-refractivity contribution in [3.05, 3.63) is 28.6 Å². The van der Waals surface area contributed by atoms with Crippen LogP contribution in [0.2, 0.25) is 0 Å². The van der Waals surface area contributed by atoms with E-state index in [-0.39, 0.29) is 0 Å². The summed E-state index contributed by atoms with van der Waals surface area (Å²) in [5, 5.41) is 0.977. The van der Waals surface area contributed by atoms with Crippen LogP contribution in [-0.4, -0.2) is 4.98 Å². The molecular formula is C7H4BrNOS. The van der Waals surface area contributed by atoms with Crippen LogP contribution in [0.5, 0.6) is 0 Å². The van der Waals surface area contributed by atoms with Crippen LogP contribution in [0.1, 0.15) is 0 Å². The zero-order valence-corrected chi connectivity index (χ0v) is 7.85. The van der Waals surface area contributed by atoms with E-state index < -0.39 is 0 Å². The molecule has 2 aromatic heterocycles. The van der Waals surface area contributed by atoms with Crippen LogP contribution in [0.4, 0.5) is 0 Å². The third kappa shape index (κ3) is 1.36. The quantitative estimate of drug-likeness (QED) is 0.751. The first-order valence-electron chi connectivity index (χ1n) is 3.00. The van der Waals surface area contributed by atoms with E-state index in [9.17, 15) is 0 Å². The molecule has 11 heavy (non-hydrogen) atoms. The van der Waals surface area contributed by atoms with E-state index in [1.165, 1.54) is 0 Å². The molecule has 0 fully saturated rings. The van der Waals surface area contributed by atoms with Gasteiger partial charge in [-0.1, -0.05) is 0 Å². The van der Waals surface area contributed by atoms with Crippen molar-refractivity contribution in [3.8, 4) is 10.6 Å². The normalized spacial score (nSPS) is 10.3. The van der Waals surface area contributed by atoms with Gasteiger partial charge < -0.3 is 4.42 Å². The van der Waals surface area contributed by atoms with Gasteiger partial charge in [-0.15, -0.1) is 11.3 Å². The summed E-state index contributed by atoms with van der Waals surface area (Å²) in [6.45, 7) is 0. The van der Waals surface area contributed by atoms with E-state index in [0.29, 0.717) is 0 Å². The lowest BCUT2D eigenvalue weighted by Gasteiger charge is -1.82. The summed E-state index contributed by atoms with van der Waals surface area (Å²) >= 11 is 4.93. The second-order valence-electron chi connectivity index (χ2n) is 1.98. The molecule has 0 aliphatic carbocycles. The van der Waals surface area contributed by atoms with Crippen LogP contribution in [0.3, 0.4) is 0 Å². The molecule has 0 amide bonds. The number of hydrogen-bond donors (Lipinski definition) is 0. The summed E-state index contributed by atoms with van der Waals surface area (Å²) in [6, 6.07) is 1.89. The highest BCUT2D eigenvalue weighted by atomic mass is 79.9. The number of aromatic nitrogens is 1. The Morgan fingerprint density at radius 1 is 1.55 bits per heavy atom. The smallest absolute Gasteiger partial charge is 0.127 e. The van der Waals surface area contributed by atoms with Gasteiger partial charge in [0.2, 0.25) is 0 Å². The summed E-state index contributed by atoms with van der Waals surface area (Å²) in [5.41, 5.74) is 1.03. The Hall–Kier alpha value is -0.610. The monoisotopic (exact) mass is 229 g/mol. The summed E-state index contributed by atoms with van der Waals surface area (Å²) in [6.07, 6.45) is 5.11. The number of furan rings is 1. The molecule has 56 valence electrons. The van der Waals surface area contributed by atoms with E-state index in [1.807, 2.05) is 6.07 Å². The average Bonchev–Trinajstić information content (AvgIpc) is 2.55. The SMILES string of the molecule is Brc1cnc(-c2ccoc2)s1. The molecule has 0 saturated carbocycles. The molecule has 2 rings (SSSR count). The second-order valence-corrected chi connectivity index (χ2v) is 4.39. The molecule has 4 heteroatoms. The third-order valence-corrected chi connectivity index (χ3v) is 2.77. The van der Waals surface area contributed by atoms with Gasteiger partial charge in [0.15, 0.2) is 0 Å². The first kappa shape index (κ1) is 7.06. The molecule has 0 radical (unpaired) electrons. The van der Waals surface area contributed by atoms with E-state index in [2.05, 4.69) is 20.9 Å². The van der Waals surface area contributed by atoms with E-state index >= 15 is 0 Å². The largest absolute Gasteiger partial charge is 0.472 e. The number of halogens is 1. The van der Waals surface area contributed by atoms with Crippen LogP contribution < -0.4 is 0 Å². The molecule has 2 nitrogen and oxygen atoms in total. The zero-order valence-electron chi connectivity index (χ0n) is 5.45. The fraction of sp³-hybridized carbons (Fsp3) is 0. The summed E-state index contributed by atoms with van der Waals surface area (Å²) in [7, 11) is 0. The molecule has 0 atom stereocenters. The first-order valence-corrected chi connectivity index (χ1v) is 4.61. The number of nitrogens with zero attached hydrogens (tertiary/aromatic N) is 1. The van der Waals surface area contributed by atoms with Gasteiger partial charge in [-0.05, 0) is 22.0 Å². The van der Waals surface area contributed by atoms with Gasteiger partial charge in [0.25, 0.3) is 0 Å². The summed E-state index contributed by atoms with van der Waals surface area (Å²) in [5.74, 6) is 0. The molecule has 0 aliphatic rings. The fourth-order valence-corrected chi connectivity index (χ4v) is 1.97. The summed E-state index contributed by atoms with van der Waals surface area (Å²) in [4.78, 5) is 4.17. The van der Waals surface area contributed by atoms with Crippen molar-refractivity contribution in [2.24, 2.45) is 0 Å². The minimum absolute atomic E-state index is 0.977. The van der Waals surface area contributed by atoms with Crippen LogP contribution in [0.25, 0.3) is 10.6 Å². The van der Waals surface area contributed by atoms with E-state index in [0.717, 1.165) is 14.4 Å². The predicted molar refractivity (Wildman–Crippen MR) is 47.5 cm³/mol. The average molecular weight is 230 g/mol. The fourth-order valence-electron chi connectivity index (χ4n) is 0.774. The van der Waals surface area contributed by atoms with Crippen molar-refractivity contribution in [2.75, 3.05) is 0 Å². The maximum Gasteiger partial charge on any atom is 0.127 e. The highest BCUT2D eigenvalue weighted by Crippen LogP contribution is 2.28. The van der Waals surface area contributed by atoms with Gasteiger partial charge in [-0.3, -0.25) is 0 Å². The maximum atomic E-state index is 4.93. The van der Waals surface area contributed by atoms with E-state index in [4.69, 9.17) is 4.42 Å². The van der Waals surface area contributed by atoms with Crippen molar-refractivity contribution in [2.45, 2.75) is 0 Å². The second kappa shape index (κ2) is 2.79. The Kier molecular flexibility index (Phi) is 1.79. The number of hydrogen-bond acceptors (Lipinski definition) is 3. The standard InChI is InChI=1S/C7H4BrNOS/c8-6-3-9-7(11-6)5-1-2-10-4-5/h1-4H. The Bertz CT molecular complexity index is 341. The van der Waals surface area contributed by atoms with Gasteiger partial charge in [0.1, 0.15) is 11.3 Å². The van der Waals surface area contributed by atoms with Crippen LogP contribution in [0.15, 0.2) is 33.0 Å². The molecule has 0 aliphatic heterocycles. The first-order chi connectivity index (χ1) is 5.36. The Labute approximate surface area is 76.0 Å². The van der Waals surface area contributed by atoms with Crippen molar-refractivity contribution >= 4 is 27.3 Å². The zero-order chi connectivity index (χ0) is 7.68. The lowest BCUT2D eigenvalue weighted by atomic mass is 10.4. The predicted octanol–water partition coefficient (Wildman–Crippen LogP) is 3.17. The van der Waals surface area contributed by atoms with Crippen molar-refractivity contribution in [3.63, 3.8) is 0 Å². The van der Waals surface area contributed by atoms with Crippen molar-refractivity contribution in [1.29, 1.82) is 0 Å². The molecule has 2 aromatic rings. The van der Waals surface area contributed by atoms with Crippen LogP contribution in [-0.2, 0) is 0 Å².